The normalized spacial score (nSPS) is 12.2. The zero-order valence-electron chi connectivity index (χ0n) is 17.1. The molecule has 0 N–H and O–H groups in total. The Morgan fingerprint density at radius 2 is 1.12 bits per heavy atom. The standard InChI is InChI=1S/C12H18.C11H16O2S/c1-12(2,3)10-9-11-7-5-4-6-8-11;1-11(2,3)14(12,13)9-10-7-5-4-6-8-10/h4-8H,9-10H2,1-3H3;4-8H,9H2,1-3H3. The molecular formula is C23H34O2S. The van der Waals surface area contributed by atoms with Crippen LogP contribution in [0, 0.1) is 5.41 Å². The summed E-state index contributed by atoms with van der Waals surface area (Å²) in [6.45, 7) is 12.0. The van der Waals surface area contributed by atoms with Crippen molar-refractivity contribution in [3.8, 4) is 0 Å². The summed E-state index contributed by atoms with van der Waals surface area (Å²) in [6.07, 6.45) is 2.46. The van der Waals surface area contributed by atoms with Gasteiger partial charge in [-0.3, -0.25) is 0 Å². The zero-order valence-corrected chi connectivity index (χ0v) is 17.9. The van der Waals surface area contributed by atoms with Crippen molar-refractivity contribution in [2.24, 2.45) is 5.41 Å². The smallest absolute Gasteiger partial charge is 0.159 e. The summed E-state index contributed by atoms with van der Waals surface area (Å²) in [5, 5.41) is 0. The van der Waals surface area contributed by atoms with Crippen LogP contribution in [0.5, 0.6) is 0 Å². The molecule has 2 aromatic rings. The molecule has 3 heteroatoms. The molecule has 0 atom stereocenters. The van der Waals surface area contributed by atoms with E-state index in [1.54, 1.807) is 20.8 Å². The van der Waals surface area contributed by atoms with E-state index in [1.165, 1.54) is 18.4 Å². The SMILES string of the molecule is CC(C)(C)CCc1ccccc1.CC(C)(C)S(=O)(=O)Cc1ccccc1. The molecule has 0 spiro atoms. The van der Waals surface area contributed by atoms with E-state index in [0.29, 0.717) is 5.41 Å². The molecule has 0 aliphatic carbocycles. The molecule has 144 valence electrons. The molecule has 2 aromatic carbocycles. The van der Waals surface area contributed by atoms with Gasteiger partial charge in [0.2, 0.25) is 0 Å². The lowest BCUT2D eigenvalue weighted by Gasteiger charge is -2.18. The van der Waals surface area contributed by atoms with Gasteiger partial charge in [0.05, 0.1) is 10.5 Å². The Bertz CT molecular complexity index is 734. The maximum atomic E-state index is 11.8. The van der Waals surface area contributed by atoms with Crippen LogP contribution in [0.1, 0.15) is 59.1 Å². The highest BCUT2D eigenvalue weighted by molar-refractivity contribution is 7.91. The van der Waals surface area contributed by atoms with E-state index in [9.17, 15) is 8.42 Å². The van der Waals surface area contributed by atoms with Crippen LogP contribution in [0.4, 0.5) is 0 Å². The van der Waals surface area contributed by atoms with Crippen molar-refractivity contribution in [1.82, 2.24) is 0 Å². The quantitative estimate of drug-likeness (QED) is 0.651. The van der Waals surface area contributed by atoms with E-state index < -0.39 is 14.6 Å². The summed E-state index contributed by atoms with van der Waals surface area (Å²) in [5.74, 6) is 0.122. The summed E-state index contributed by atoms with van der Waals surface area (Å²) < 4.78 is 23.0. The highest BCUT2D eigenvalue weighted by Crippen LogP contribution is 2.21. The second-order valence-corrected chi connectivity index (χ2v) is 11.6. The van der Waals surface area contributed by atoms with Gasteiger partial charge < -0.3 is 0 Å². The van der Waals surface area contributed by atoms with Gasteiger partial charge in [-0.15, -0.1) is 0 Å². The van der Waals surface area contributed by atoms with Gasteiger partial charge in [-0.1, -0.05) is 81.4 Å². The molecule has 0 saturated heterocycles. The van der Waals surface area contributed by atoms with Crippen molar-refractivity contribution < 1.29 is 8.42 Å². The molecule has 0 aromatic heterocycles. The van der Waals surface area contributed by atoms with Crippen molar-refractivity contribution in [3.05, 3.63) is 71.8 Å². The Balaban J connectivity index is 0.000000263. The van der Waals surface area contributed by atoms with Crippen molar-refractivity contribution in [1.29, 1.82) is 0 Å². The molecule has 0 radical (unpaired) electrons. The molecule has 2 rings (SSSR count). The van der Waals surface area contributed by atoms with Crippen LogP contribution in [-0.2, 0) is 22.0 Å². The first-order chi connectivity index (χ1) is 11.9. The molecule has 0 bridgehead atoms. The predicted molar refractivity (Wildman–Crippen MR) is 113 cm³/mol. The molecule has 0 fully saturated rings. The van der Waals surface area contributed by atoms with Gasteiger partial charge >= 0.3 is 0 Å². The third-order valence-electron chi connectivity index (χ3n) is 4.14. The van der Waals surface area contributed by atoms with Crippen LogP contribution >= 0.6 is 0 Å². The highest BCUT2D eigenvalue weighted by atomic mass is 32.2. The fourth-order valence-corrected chi connectivity index (χ4v) is 3.24. The minimum Gasteiger partial charge on any atom is -0.228 e. The van der Waals surface area contributed by atoms with Crippen LogP contribution in [0.15, 0.2) is 60.7 Å². The molecule has 26 heavy (non-hydrogen) atoms. The third kappa shape index (κ3) is 8.66. The first-order valence-electron chi connectivity index (χ1n) is 9.21. The summed E-state index contributed by atoms with van der Waals surface area (Å²) in [6, 6.07) is 20.0. The predicted octanol–water partition coefficient (Wildman–Crippen LogP) is 6.07. The van der Waals surface area contributed by atoms with Crippen molar-refractivity contribution in [3.63, 3.8) is 0 Å². The van der Waals surface area contributed by atoms with Gasteiger partial charge in [-0.2, -0.15) is 0 Å². The largest absolute Gasteiger partial charge is 0.228 e. The van der Waals surface area contributed by atoms with Gasteiger partial charge in [0.15, 0.2) is 9.84 Å². The molecule has 0 unspecified atom stereocenters. The average molecular weight is 375 g/mol. The maximum Gasteiger partial charge on any atom is 0.159 e. The summed E-state index contributed by atoms with van der Waals surface area (Å²) in [4.78, 5) is 0. The Kier molecular flexibility index (Phi) is 8.08. The van der Waals surface area contributed by atoms with Crippen LogP contribution < -0.4 is 0 Å². The first kappa shape index (κ1) is 22.4. The van der Waals surface area contributed by atoms with E-state index in [-0.39, 0.29) is 5.75 Å². The average Bonchev–Trinajstić information content (AvgIpc) is 2.53. The van der Waals surface area contributed by atoms with Crippen LogP contribution in [0.25, 0.3) is 0 Å². The fourth-order valence-electron chi connectivity index (χ4n) is 2.17. The number of hydrogen-bond acceptors (Lipinski definition) is 2. The molecular weight excluding hydrogens is 340 g/mol. The molecule has 0 saturated carbocycles. The molecule has 2 nitrogen and oxygen atoms in total. The van der Waals surface area contributed by atoms with Crippen LogP contribution in [0.3, 0.4) is 0 Å². The molecule has 0 aliphatic rings. The number of aryl methyl sites for hydroxylation is 1. The van der Waals surface area contributed by atoms with Gasteiger partial charge in [0.1, 0.15) is 0 Å². The lowest BCUT2D eigenvalue weighted by atomic mass is 9.89. The number of benzene rings is 2. The lowest BCUT2D eigenvalue weighted by molar-refractivity contribution is 0.378. The third-order valence-corrected chi connectivity index (χ3v) is 6.72. The van der Waals surface area contributed by atoms with E-state index in [4.69, 9.17) is 0 Å². The lowest BCUT2D eigenvalue weighted by Crippen LogP contribution is -2.29. The second kappa shape index (κ2) is 9.36. The Labute approximate surface area is 160 Å². The Hall–Kier alpha value is -1.61. The van der Waals surface area contributed by atoms with Gasteiger partial charge in [0, 0.05) is 0 Å². The van der Waals surface area contributed by atoms with Crippen LogP contribution in [0.2, 0.25) is 0 Å². The monoisotopic (exact) mass is 374 g/mol. The summed E-state index contributed by atoms with van der Waals surface area (Å²) >= 11 is 0. The highest BCUT2D eigenvalue weighted by Gasteiger charge is 2.28. The van der Waals surface area contributed by atoms with Gasteiger partial charge in [0.25, 0.3) is 0 Å². The summed E-state index contributed by atoms with van der Waals surface area (Å²) in [5.41, 5.74) is 2.75. The zero-order chi connectivity index (χ0) is 19.8. The maximum absolute atomic E-state index is 11.8. The Morgan fingerprint density at radius 1 is 0.692 bits per heavy atom. The number of hydrogen-bond donors (Lipinski definition) is 0. The van der Waals surface area contributed by atoms with Gasteiger partial charge in [-0.05, 0) is 50.2 Å². The van der Waals surface area contributed by atoms with Crippen molar-refractivity contribution >= 4 is 9.84 Å². The first-order valence-corrected chi connectivity index (χ1v) is 10.9. The second-order valence-electron chi connectivity index (χ2n) is 8.90. The van der Waals surface area contributed by atoms with Gasteiger partial charge in [-0.25, -0.2) is 8.42 Å². The molecule has 0 aliphatic heterocycles. The summed E-state index contributed by atoms with van der Waals surface area (Å²) in [7, 11) is -3.05. The van der Waals surface area contributed by atoms with E-state index in [1.807, 2.05) is 30.3 Å². The molecule has 0 amide bonds. The minimum absolute atomic E-state index is 0.122. The number of rotatable bonds is 4. The molecule has 0 heterocycles. The van der Waals surface area contributed by atoms with Crippen LogP contribution in [-0.4, -0.2) is 13.2 Å². The van der Waals surface area contributed by atoms with Crippen molar-refractivity contribution in [2.75, 3.05) is 0 Å². The fraction of sp³-hybridized carbons (Fsp3) is 0.478. The minimum atomic E-state index is -3.05. The number of sulfone groups is 1. The van der Waals surface area contributed by atoms with Crippen molar-refractivity contribution in [2.45, 2.75) is 64.9 Å². The Morgan fingerprint density at radius 3 is 1.50 bits per heavy atom. The van der Waals surface area contributed by atoms with E-state index in [2.05, 4.69) is 51.1 Å². The topological polar surface area (TPSA) is 34.1 Å². The van der Waals surface area contributed by atoms with E-state index >= 15 is 0 Å². The van der Waals surface area contributed by atoms with E-state index in [0.717, 1.165) is 5.56 Å².